The first kappa shape index (κ1) is 19.6. The lowest BCUT2D eigenvalue weighted by Gasteiger charge is -2.23. The first-order chi connectivity index (χ1) is 11.4. The fraction of sp³-hybridized carbons (Fsp3) is 0.421. The summed E-state index contributed by atoms with van der Waals surface area (Å²) in [6, 6.07) is 5.12. The molecule has 1 aromatic rings. The molecule has 1 saturated heterocycles. The van der Waals surface area contributed by atoms with Crippen molar-refractivity contribution in [2.45, 2.75) is 40.0 Å². The minimum atomic E-state index is -0.365. The number of benzene rings is 1. The molecule has 0 spiro atoms. The minimum Gasteiger partial charge on any atom is -0.388 e. The van der Waals surface area contributed by atoms with Crippen molar-refractivity contribution in [2.24, 2.45) is 5.92 Å². The fourth-order valence-corrected chi connectivity index (χ4v) is 2.72. The number of ketones is 2. The van der Waals surface area contributed by atoms with Crippen molar-refractivity contribution >= 4 is 23.2 Å². The van der Waals surface area contributed by atoms with Gasteiger partial charge in [-0.15, -0.1) is 0 Å². The van der Waals surface area contributed by atoms with E-state index in [1.165, 1.54) is 6.92 Å². The number of Topliss-reactive ketones (excluding diaryl/α,β-unsaturated/α-hetero) is 2. The highest BCUT2D eigenvalue weighted by Crippen LogP contribution is 2.26. The molecule has 1 aromatic carbocycles. The van der Waals surface area contributed by atoms with E-state index in [1.807, 2.05) is 13.8 Å². The maximum absolute atomic E-state index is 12.6. The Morgan fingerprint density at radius 2 is 2.00 bits per heavy atom. The van der Waals surface area contributed by atoms with Gasteiger partial charge in [0.15, 0.2) is 11.6 Å². The molecule has 1 unspecified atom stereocenters. The number of carbonyl (C=O) groups is 3. The van der Waals surface area contributed by atoms with Crippen molar-refractivity contribution in [1.82, 2.24) is 5.32 Å². The summed E-state index contributed by atoms with van der Waals surface area (Å²) in [5, 5.41) is 5.61. The molecular formula is C19H26N2O3. The molecule has 5 heteroatoms. The molecule has 1 fully saturated rings. The van der Waals surface area contributed by atoms with Crippen LogP contribution >= 0.6 is 0 Å². The highest BCUT2D eigenvalue weighted by Gasteiger charge is 2.28. The van der Waals surface area contributed by atoms with Crippen molar-refractivity contribution in [3.8, 4) is 0 Å². The molecule has 0 aromatic heterocycles. The largest absolute Gasteiger partial charge is 0.388 e. The molecule has 0 radical (unpaired) electrons. The number of anilines is 1. The van der Waals surface area contributed by atoms with E-state index in [1.54, 1.807) is 25.2 Å². The molecule has 130 valence electrons. The normalized spacial score (nSPS) is 16.6. The molecule has 2 N–H and O–H groups in total. The number of piperidine rings is 1. The van der Waals surface area contributed by atoms with E-state index in [9.17, 15) is 14.4 Å². The van der Waals surface area contributed by atoms with E-state index >= 15 is 0 Å². The highest BCUT2D eigenvalue weighted by atomic mass is 16.2. The molecular weight excluding hydrogens is 304 g/mol. The topological polar surface area (TPSA) is 75.3 Å². The molecule has 24 heavy (non-hydrogen) atoms. The Morgan fingerprint density at radius 1 is 1.33 bits per heavy atom. The highest BCUT2D eigenvalue weighted by molar-refractivity contribution is 6.12. The van der Waals surface area contributed by atoms with E-state index in [0.29, 0.717) is 35.4 Å². The average Bonchev–Trinajstić information content (AvgIpc) is 2.58. The van der Waals surface area contributed by atoms with Crippen molar-refractivity contribution < 1.29 is 14.4 Å². The maximum atomic E-state index is 12.6. The van der Waals surface area contributed by atoms with Crippen LogP contribution in [-0.4, -0.2) is 24.5 Å². The van der Waals surface area contributed by atoms with Gasteiger partial charge >= 0.3 is 0 Å². The predicted octanol–water partition coefficient (Wildman–Crippen LogP) is 3.57. The summed E-state index contributed by atoms with van der Waals surface area (Å²) < 4.78 is 0. The van der Waals surface area contributed by atoms with Gasteiger partial charge in [-0.2, -0.15) is 0 Å². The minimum absolute atomic E-state index is 0.104. The lowest BCUT2D eigenvalue weighted by Crippen LogP contribution is -2.35. The Balaban J connectivity index is 0.00000139. The molecule has 0 saturated carbocycles. The van der Waals surface area contributed by atoms with E-state index in [0.717, 1.165) is 0 Å². The number of nitrogens with one attached hydrogen (secondary N) is 2. The van der Waals surface area contributed by atoms with Crippen LogP contribution in [-0.2, 0) is 4.79 Å². The van der Waals surface area contributed by atoms with Crippen LogP contribution < -0.4 is 10.6 Å². The molecule has 2 rings (SSSR count). The molecule has 0 aliphatic carbocycles. The van der Waals surface area contributed by atoms with E-state index in [-0.39, 0.29) is 29.8 Å². The third-order valence-corrected chi connectivity index (χ3v) is 3.88. The molecule has 1 atom stereocenters. The second kappa shape index (κ2) is 9.01. The van der Waals surface area contributed by atoms with Gasteiger partial charge in [0.1, 0.15) is 0 Å². The number of hydrogen-bond acceptors (Lipinski definition) is 4. The second-order valence-electron chi connectivity index (χ2n) is 5.49. The Labute approximate surface area is 143 Å². The number of hydrogen-bond donors (Lipinski definition) is 2. The van der Waals surface area contributed by atoms with Crippen LogP contribution in [0.2, 0.25) is 0 Å². The molecule has 1 amide bonds. The Morgan fingerprint density at radius 3 is 2.54 bits per heavy atom. The fourth-order valence-electron chi connectivity index (χ4n) is 2.72. The Bertz CT molecular complexity index is 650. The lowest BCUT2D eigenvalue weighted by molar-refractivity contribution is -0.125. The van der Waals surface area contributed by atoms with Crippen LogP contribution in [0, 0.1) is 5.92 Å². The van der Waals surface area contributed by atoms with Gasteiger partial charge in [0, 0.05) is 36.3 Å². The summed E-state index contributed by atoms with van der Waals surface area (Å²) in [6.45, 7) is 9.16. The van der Waals surface area contributed by atoms with Gasteiger partial charge in [0.25, 0.3) is 0 Å². The van der Waals surface area contributed by atoms with Gasteiger partial charge < -0.3 is 10.6 Å². The molecule has 1 aliphatic rings. The number of carbonyl (C=O) groups excluding carboxylic acids is 3. The third kappa shape index (κ3) is 4.54. The first-order valence-corrected chi connectivity index (χ1v) is 8.27. The number of rotatable bonds is 5. The summed E-state index contributed by atoms with van der Waals surface area (Å²) in [5.41, 5.74) is 2.07. The standard InChI is InChI=1S/C17H20N2O3.C2H6/c1-10-7-8-12(17(22)19-10)9-15(21)13-5-4-6-14(18-3)16(13)11(2)20;1-2/h4-6,12,18H,1,7-9H2,2-3H3,(H,19,22);1-2H3. The van der Waals surface area contributed by atoms with Gasteiger partial charge in [-0.25, -0.2) is 0 Å². The first-order valence-electron chi connectivity index (χ1n) is 8.27. The van der Waals surface area contributed by atoms with Crippen LogP contribution in [0.1, 0.15) is 60.7 Å². The molecule has 5 nitrogen and oxygen atoms in total. The van der Waals surface area contributed by atoms with E-state index in [2.05, 4.69) is 17.2 Å². The summed E-state index contributed by atoms with van der Waals surface area (Å²) in [6.07, 6.45) is 1.39. The second-order valence-corrected chi connectivity index (χ2v) is 5.49. The molecule has 1 heterocycles. The number of amides is 1. The van der Waals surface area contributed by atoms with E-state index < -0.39 is 0 Å². The zero-order chi connectivity index (χ0) is 18.3. The van der Waals surface area contributed by atoms with Crippen LogP contribution in [0.25, 0.3) is 0 Å². The Kier molecular flexibility index (Phi) is 7.36. The SMILES string of the molecule is C=C1CCC(CC(=O)c2cccc(NC)c2C(C)=O)C(=O)N1.CC. The van der Waals surface area contributed by atoms with Gasteiger partial charge in [-0.1, -0.05) is 32.6 Å². The zero-order valence-corrected chi connectivity index (χ0v) is 14.9. The van der Waals surface area contributed by atoms with Crippen LogP contribution in [0.3, 0.4) is 0 Å². The summed E-state index contributed by atoms with van der Waals surface area (Å²) >= 11 is 0. The predicted molar refractivity (Wildman–Crippen MR) is 96.3 cm³/mol. The van der Waals surface area contributed by atoms with Crippen LogP contribution in [0.4, 0.5) is 5.69 Å². The Hall–Kier alpha value is -2.43. The van der Waals surface area contributed by atoms with Crippen molar-refractivity contribution in [2.75, 3.05) is 12.4 Å². The summed E-state index contributed by atoms with van der Waals surface area (Å²) in [5.74, 6) is -0.889. The van der Waals surface area contributed by atoms with E-state index in [4.69, 9.17) is 0 Å². The van der Waals surface area contributed by atoms with Gasteiger partial charge in [-0.05, 0) is 25.8 Å². The van der Waals surface area contributed by atoms with Crippen molar-refractivity contribution in [3.63, 3.8) is 0 Å². The van der Waals surface area contributed by atoms with Crippen molar-refractivity contribution in [1.29, 1.82) is 0 Å². The molecule has 0 bridgehead atoms. The molecule has 1 aliphatic heterocycles. The summed E-state index contributed by atoms with van der Waals surface area (Å²) in [4.78, 5) is 36.3. The average molecular weight is 330 g/mol. The zero-order valence-electron chi connectivity index (χ0n) is 14.9. The van der Waals surface area contributed by atoms with Crippen LogP contribution in [0.15, 0.2) is 30.5 Å². The number of allylic oxidation sites excluding steroid dienone is 1. The monoisotopic (exact) mass is 330 g/mol. The smallest absolute Gasteiger partial charge is 0.227 e. The van der Waals surface area contributed by atoms with Gasteiger partial charge in [0.05, 0.1) is 5.56 Å². The third-order valence-electron chi connectivity index (χ3n) is 3.88. The van der Waals surface area contributed by atoms with Crippen LogP contribution in [0.5, 0.6) is 0 Å². The maximum Gasteiger partial charge on any atom is 0.227 e. The van der Waals surface area contributed by atoms with Gasteiger partial charge in [0.2, 0.25) is 5.91 Å². The van der Waals surface area contributed by atoms with Gasteiger partial charge in [-0.3, -0.25) is 14.4 Å². The quantitative estimate of drug-likeness (QED) is 0.809. The lowest BCUT2D eigenvalue weighted by atomic mass is 9.88. The van der Waals surface area contributed by atoms with Crippen molar-refractivity contribution in [3.05, 3.63) is 41.6 Å². The summed E-state index contributed by atoms with van der Waals surface area (Å²) in [7, 11) is 1.70.